The third-order valence-corrected chi connectivity index (χ3v) is 3.15. The normalized spacial score (nSPS) is 10.1. The van der Waals surface area contributed by atoms with Crippen LogP contribution in [0.4, 0.5) is 5.69 Å². The molecule has 0 aromatic heterocycles. The monoisotopic (exact) mass is 315 g/mol. The minimum Gasteiger partial charge on any atom is -0.355 e. The van der Waals surface area contributed by atoms with E-state index in [0.29, 0.717) is 17.6 Å². The standard InChI is InChI=1S/C11H14BrN3O3/c1-2-14-10(16)7-13-6-8-4-3-5-9(11(8)12)15(17)18/h3-5,13H,2,6-7H2,1H3,(H,14,16). The Bertz CT molecular complexity index is 451. The van der Waals surface area contributed by atoms with Crippen LogP contribution < -0.4 is 10.6 Å². The number of nitro benzene ring substituents is 1. The van der Waals surface area contributed by atoms with E-state index in [9.17, 15) is 14.9 Å². The van der Waals surface area contributed by atoms with E-state index in [2.05, 4.69) is 26.6 Å². The van der Waals surface area contributed by atoms with Gasteiger partial charge in [-0.3, -0.25) is 14.9 Å². The minimum absolute atomic E-state index is 0.0207. The molecule has 1 aromatic rings. The van der Waals surface area contributed by atoms with Crippen molar-refractivity contribution in [1.82, 2.24) is 10.6 Å². The molecular formula is C11H14BrN3O3. The lowest BCUT2D eigenvalue weighted by atomic mass is 10.2. The molecule has 0 aliphatic heterocycles. The number of nitro groups is 1. The highest BCUT2D eigenvalue weighted by atomic mass is 79.9. The second kappa shape index (κ2) is 7.07. The third-order valence-electron chi connectivity index (χ3n) is 2.23. The first kappa shape index (κ1) is 14.6. The molecule has 0 fully saturated rings. The van der Waals surface area contributed by atoms with Crippen molar-refractivity contribution >= 4 is 27.5 Å². The van der Waals surface area contributed by atoms with Gasteiger partial charge in [0.2, 0.25) is 5.91 Å². The molecule has 0 radical (unpaired) electrons. The predicted molar refractivity (Wildman–Crippen MR) is 71.2 cm³/mol. The zero-order chi connectivity index (χ0) is 13.5. The number of carbonyl (C=O) groups is 1. The van der Waals surface area contributed by atoms with Gasteiger partial charge in [-0.2, -0.15) is 0 Å². The van der Waals surface area contributed by atoms with Crippen LogP contribution >= 0.6 is 15.9 Å². The van der Waals surface area contributed by atoms with Crippen LogP contribution in [0.5, 0.6) is 0 Å². The number of likely N-dealkylation sites (N-methyl/N-ethyl adjacent to an activating group) is 1. The fourth-order valence-electron chi connectivity index (χ4n) is 1.41. The molecular weight excluding hydrogens is 302 g/mol. The molecule has 1 rings (SSSR count). The van der Waals surface area contributed by atoms with Crippen molar-refractivity contribution in [2.75, 3.05) is 13.1 Å². The van der Waals surface area contributed by atoms with E-state index in [4.69, 9.17) is 0 Å². The van der Waals surface area contributed by atoms with Crippen LogP contribution in [0.3, 0.4) is 0 Å². The number of nitrogens with zero attached hydrogens (tertiary/aromatic N) is 1. The Hall–Kier alpha value is -1.47. The SMILES string of the molecule is CCNC(=O)CNCc1cccc([N+](=O)[O-])c1Br. The van der Waals surface area contributed by atoms with E-state index < -0.39 is 4.92 Å². The highest BCUT2D eigenvalue weighted by Gasteiger charge is 2.14. The Morgan fingerprint density at radius 1 is 1.50 bits per heavy atom. The number of carbonyl (C=O) groups excluding carboxylic acids is 1. The summed E-state index contributed by atoms with van der Waals surface area (Å²) in [4.78, 5) is 21.5. The Labute approximate surface area is 113 Å². The lowest BCUT2D eigenvalue weighted by molar-refractivity contribution is -0.385. The Balaban J connectivity index is 2.60. The van der Waals surface area contributed by atoms with Gasteiger partial charge in [-0.1, -0.05) is 12.1 Å². The first-order valence-corrected chi connectivity index (χ1v) is 6.24. The fraction of sp³-hybridized carbons (Fsp3) is 0.364. The highest BCUT2D eigenvalue weighted by Crippen LogP contribution is 2.27. The molecule has 0 aliphatic rings. The van der Waals surface area contributed by atoms with Gasteiger partial charge in [0, 0.05) is 19.2 Å². The summed E-state index contributed by atoms with van der Waals surface area (Å²) in [7, 11) is 0. The molecule has 6 nitrogen and oxygen atoms in total. The predicted octanol–water partition coefficient (Wildman–Crippen LogP) is 1.58. The number of hydrogen-bond acceptors (Lipinski definition) is 4. The number of amides is 1. The molecule has 0 unspecified atom stereocenters. The van der Waals surface area contributed by atoms with Crippen molar-refractivity contribution < 1.29 is 9.72 Å². The summed E-state index contributed by atoms with van der Waals surface area (Å²) in [6.45, 7) is 3.00. The molecule has 0 heterocycles. The lowest BCUT2D eigenvalue weighted by Gasteiger charge is -2.07. The van der Waals surface area contributed by atoms with Crippen molar-refractivity contribution in [2.45, 2.75) is 13.5 Å². The fourth-order valence-corrected chi connectivity index (χ4v) is 1.96. The molecule has 1 amide bonds. The number of benzene rings is 1. The van der Waals surface area contributed by atoms with Crippen LogP contribution in [0.1, 0.15) is 12.5 Å². The van der Waals surface area contributed by atoms with E-state index >= 15 is 0 Å². The second-order valence-electron chi connectivity index (χ2n) is 3.56. The van der Waals surface area contributed by atoms with Gasteiger partial charge in [0.15, 0.2) is 0 Å². The van der Waals surface area contributed by atoms with Gasteiger partial charge in [-0.05, 0) is 28.4 Å². The summed E-state index contributed by atoms with van der Waals surface area (Å²) in [5.41, 5.74) is 0.765. The van der Waals surface area contributed by atoms with Gasteiger partial charge in [0.05, 0.1) is 15.9 Å². The molecule has 0 atom stereocenters. The molecule has 0 bridgehead atoms. The van der Waals surface area contributed by atoms with E-state index in [-0.39, 0.29) is 18.1 Å². The van der Waals surface area contributed by atoms with Crippen LogP contribution in [0.15, 0.2) is 22.7 Å². The van der Waals surface area contributed by atoms with Gasteiger partial charge in [-0.25, -0.2) is 0 Å². The van der Waals surface area contributed by atoms with Gasteiger partial charge in [-0.15, -0.1) is 0 Å². The van der Waals surface area contributed by atoms with E-state index in [1.54, 1.807) is 12.1 Å². The summed E-state index contributed by atoms with van der Waals surface area (Å²) in [5.74, 6) is -0.0981. The maximum atomic E-state index is 11.2. The maximum Gasteiger partial charge on any atom is 0.283 e. The van der Waals surface area contributed by atoms with Crippen molar-refractivity contribution in [2.24, 2.45) is 0 Å². The third kappa shape index (κ3) is 4.08. The maximum absolute atomic E-state index is 11.2. The minimum atomic E-state index is -0.447. The molecule has 7 heteroatoms. The number of halogens is 1. The summed E-state index contributed by atoms with van der Waals surface area (Å²) < 4.78 is 0.443. The average molecular weight is 316 g/mol. The summed E-state index contributed by atoms with van der Waals surface area (Å²) in [6, 6.07) is 4.81. The zero-order valence-corrected chi connectivity index (χ0v) is 11.5. The van der Waals surface area contributed by atoms with Crippen LogP contribution in [0, 0.1) is 10.1 Å². The molecule has 98 valence electrons. The second-order valence-corrected chi connectivity index (χ2v) is 4.36. The van der Waals surface area contributed by atoms with E-state index in [0.717, 1.165) is 5.56 Å². The van der Waals surface area contributed by atoms with Crippen molar-refractivity contribution in [1.29, 1.82) is 0 Å². The molecule has 18 heavy (non-hydrogen) atoms. The summed E-state index contributed by atoms with van der Waals surface area (Å²) in [5, 5.41) is 16.3. The molecule has 0 aliphatic carbocycles. The zero-order valence-electron chi connectivity index (χ0n) is 9.90. The first-order chi connectivity index (χ1) is 8.56. The Morgan fingerprint density at radius 3 is 2.83 bits per heavy atom. The smallest absolute Gasteiger partial charge is 0.283 e. The van der Waals surface area contributed by atoms with E-state index in [1.165, 1.54) is 6.07 Å². The Morgan fingerprint density at radius 2 is 2.22 bits per heavy atom. The van der Waals surface area contributed by atoms with Crippen molar-refractivity contribution in [3.05, 3.63) is 38.3 Å². The van der Waals surface area contributed by atoms with Gasteiger partial charge in [0.25, 0.3) is 5.69 Å². The lowest BCUT2D eigenvalue weighted by Crippen LogP contribution is -2.33. The van der Waals surface area contributed by atoms with Gasteiger partial charge in [0.1, 0.15) is 0 Å². The molecule has 0 saturated heterocycles. The van der Waals surface area contributed by atoms with Crippen LogP contribution in [-0.2, 0) is 11.3 Å². The van der Waals surface area contributed by atoms with E-state index in [1.807, 2.05) is 6.92 Å². The first-order valence-electron chi connectivity index (χ1n) is 5.45. The largest absolute Gasteiger partial charge is 0.355 e. The number of nitrogens with one attached hydrogen (secondary N) is 2. The van der Waals surface area contributed by atoms with Crippen molar-refractivity contribution in [3.8, 4) is 0 Å². The molecule has 0 spiro atoms. The van der Waals surface area contributed by atoms with Gasteiger partial charge >= 0.3 is 0 Å². The van der Waals surface area contributed by atoms with Crippen LogP contribution in [0.25, 0.3) is 0 Å². The highest BCUT2D eigenvalue weighted by molar-refractivity contribution is 9.10. The topological polar surface area (TPSA) is 84.3 Å². The number of rotatable bonds is 6. The van der Waals surface area contributed by atoms with Crippen LogP contribution in [-0.4, -0.2) is 23.9 Å². The quantitative estimate of drug-likeness (QED) is 0.616. The average Bonchev–Trinajstić information content (AvgIpc) is 2.31. The summed E-state index contributed by atoms with van der Waals surface area (Å²) >= 11 is 3.20. The number of hydrogen-bond donors (Lipinski definition) is 2. The Kier molecular flexibility index (Phi) is 5.73. The molecule has 1 aromatic carbocycles. The van der Waals surface area contributed by atoms with Gasteiger partial charge < -0.3 is 10.6 Å². The summed E-state index contributed by atoms with van der Waals surface area (Å²) in [6.07, 6.45) is 0. The van der Waals surface area contributed by atoms with Crippen molar-refractivity contribution in [3.63, 3.8) is 0 Å². The molecule has 0 saturated carbocycles. The molecule has 2 N–H and O–H groups in total. The van der Waals surface area contributed by atoms with Crippen LogP contribution in [0.2, 0.25) is 0 Å².